The summed E-state index contributed by atoms with van der Waals surface area (Å²) in [5, 5.41) is 15.3. The molecule has 1 unspecified atom stereocenters. The Hall–Kier alpha value is -3.43. The zero-order valence-electron chi connectivity index (χ0n) is 13.9. The van der Waals surface area contributed by atoms with Crippen LogP contribution in [0, 0.1) is 10.1 Å². The average Bonchev–Trinajstić information content (AvgIpc) is 2.61. The van der Waals surface area contributed by atoms with E-state index in [1.54, 1.807) is 0 Å². The molecule has 0 aromatic heterocycles. The van der Waals surface area contributed by atoms with Crippen molar-refractivity contribution in [2.75, 3.05) is 5.32 Å². The molecule has 0 saturated carbocycles. The van der Waals surface area contributed by atoms with E-state index in [2.05, 4.69) is 10.6 Å². The van der Waals surface area contributed by atoms with Crippen LogP contribution >= 0.6 is 0 Å². The highest BCUT2D eigenvalue weighted by Crippen LogP contribution is 2.30. The van der Waals surface area contributed by atoms with Gasteiger partial charge in [0.15, 0.2) is 0 Å². The van der Waals surface area contributed by atoms with Gasteiger partial charge in [-0.2, -0.15) is 13.2 Å². The minimum Gasteiger partial charge on any atom is -0.341 e. The number of anilines is 1. The number of amides is 2. The molecule has 0 aliphatic heterocycles. The van der Waals surface area contributed by atoms with Crippen LogP contribution in [0.15, 0.2) is 48.5 Å². The summed E-state index contributed by atoms with van der Waals surface area (Å²) >= 11 is 0. The van der Waals surface area contributed by atoms with Crippen LogP contribution in [0.3, 0.4) is 0 Å². The molecule has 2 aromatic rings. The van der Waals surface area contributed by atoms with Crippen LogP contribution in [0.2, 0.25) is 0 Å². The Morgan fingerprint density at radius 1 is 1.11 bits per heavy atom. The van der Waals surface area contributed by atoms with Gasteiger partial charge in [0.1, 0.15) is 6.04 Å². The number of carbonyl (C=O) groups excluding carboxylic acids is 2. The molecule has 0 aliphatic carbocycles. The smallest absolute Gasteiger partial charge is 0.341 e. The van der Waals surface area contributed by atoms with Crippen LogP contribution in [-0.4, -0.2) is 22.8 Å². The van der Waals surface area contributed by atoms with Gasteiger partial charge in [0.2, 0.25) is 5.91 Å². The van der Waals surface area contributed by atoms with Crippen molar-refractivity contribution in [2.24, 2.45) is 0 Å². The monoisotopic (exact) mass is 381 g/mol. The molecular formula is C17H14F3N3O4. The number of nitrogens with zero attached hydrogens (tertiary/aromatic N) is 1. The Labute approximate surface area is 151 Å². The molecule has 0 aliphatic rings. The summed E-state index contributed by atoms with van der Waals surface area (Å²) in [5.74, 6) is -1.47. The molecule has 0 bridgehead atoms. The lowest BCUT2D eigenvalue weighted by atomic mass is 10.1. The molecule has 2 N–H and O–H groups in total. The second-order valence-electron chi connectivity index (χ2n) is 5.57. The normalized spacial score (nSPS) is 12.1. The maximum atomic E-state index is 12.7. The van der Waals surface area contributed by atoms with Gasteiger partial charge in [-0.3, -0.25) is 19.7 Å². The zero-order valence-corrected chi connectivity index (χ0v) is 13.9. The van der Waals surface area contributed by atoms with E-state index in [0.29, 0.717) is 0 Å². The van der Waals surface area contributed by atoms with E-state index in [0.717, 1.165) is 24.3 Å². The van der Waals surface area contributed by atoms with Crippen LogP contribution in [0.4, 0.5) is 24.5 Å². The maximum absolute atomic E-state index is 12.7. The second kappa shape index (κ2) is 7.85. The first-order chi connectivity index (χ1) is 12.6. The summed E-state index contributed by atoms with van der Waals surface area (Å²) in [6.45, 7) is 1.33. The fourth-order valence-corrected chi connectivity index (χ4v) is 2.13. The largest absolute Gasteiger partial charge is 0.416 e. The standard InChI is InChI=1S/C17H14F3N3O4/c1-10(21-16(25)11-4-2-7-14(8-11)23(26)27)15(24)22-13-6-3-5-12(9-13)17(18,19)20/h2-10H,1H3,(H,21,25)(H,22,24). The van der Waals surface area contributed by atoms with Gasteiger partial charge in [0, 0.05) is 23.4 Å². The van der Waals surface area contributed by atoms with Gasteiger partial charge in [-0.15, -0.1) is 0 Å². The fraction of sp³-hybridized carbons (Fsp3) is 0.176. The molecule has 27 heavy (non-hydrogen) atoms. The van der Waals surface area contributed by atoms with Crippen molar-refractivity contribution in [2.45, 2.75) is 19.1 Å². The van der Waals surface area contributed by atoms with Crippen LogP contribution < -0.4 is 10.6 Å². The van der Waals surface area contributed by atoms with Gasteiger partial charge < -0.3 is 10.6 Å². The number of nitrogens with one attached hydrogen (secondary N) is 2. The van der Waals surface area contributed by atoms with Crippen molar-refractivity contribution in [1.82, 2.24) is 5.32 Å². The molecule has 0 fully saturated rings. The summed E-state index contributed by atoms with van der Waals surface area (Å²) in [5.41, 5.74) is -1.31. The van der Waals surface area contributed by atoms with Gasteiger partial charge in [0.05, 0.1) is 10.5 Å². The lowest BCUT2D eigenvalue weighted by molar-refractivity contribution is -0.384. The van der Waals surface area contributed by atoms with E-state index < -0.39 is 34.5 Å². The quantitative estimate of drug-likeness (QED) is 0.612. The third-order valence-corrected chi connectivity index (χ3v) is 3.52. The Morgan fingerprint density at radius 3 is 2.41 bits per heavy atom. The highest BCUT2D eigenvalue weighted by molar-refractivity contribution is 6.01. The third-order valence-electron chi connectivity index (χ3n) is 3.52. The molecule has 0 radical (unpaired) electrons. The lowest BCUT2D eigenvalue weighted by Crippen LogP contribution is -2.41. The van der Waals surface area contributed by atoms with Gasteiger partial charge in [0.25, 0.3) is 11.6 Å². The summed E-state index contributed by atoms with van der Waals surface area (Å²) in [7, 11) is 0. The first kappa shape index (κ1) is 19.9. The predicted octanol–water partition coefficient (Wildman–Crippen LogP) is 3.37. The molecule has 0 saturated heterocycles. The Kier molecular flexibility index (Phi) is 5.78. The number of non-ortho nitro benzene ring substituents is 1. The number of hydrogen-bond acceptors (Lipinski definition) is 4. The van der Waals surface area contributed by atoms with Crippen LogP contribution in [-0.2, 0) is 11.0 Å². The highest BCUT2D eigenvalue weighted by Gasteiger charge is 2.30. The van der Waals surface area contributed by atoms with E-state index in [9.17, 15) is 32.9 Å². The Bertz CT molecular complexity index is 884. The summed E-state index contributed by atoms with van der Waals surface area (Å²) < 4.78 is 38.1. The second-order valence-corrected chi connectivity index (χ2v) is 5.57. The fourth-order valence-electron chi connectivity index (χ4n) is 2.13. The molecule has 0 heterocycles. The lowest BCUT2D eigenvalue weighted by Gasteiger charge is -2.15. The first-order valence-corrected chi connectivity index (χ1v) is 7.61. The summed E-state index contributed by atoms with van der Waals surface area (Å²) in [6, 6.07) is 7.88. The molecule has 7 nitrogen and oxygen atoms in total. The molecule has 10 heteroatoms. The van der Waals surface area contributed by atoms with E-state index >= 15 is 0 Å². The van der Waals surface area contributed by atoms with Crippen molar-refractivity contribution in [1.29, 1.82) is 0 Å². The number of hydrogen-bond donors (Lipinski definition) is 2. The van der Waals surface area contributed by atoms with E-state index in [1.807, 2.05) is 0 Å². The van der Waals surface area contributed by atoms with E-state index in [-0.39, 0.29) is 16.9 Å². The molecule has 2 rings (SSSR count). The van der Waals surface area contributed by atoms with Crippen LogP contribution in [0.1, 0.15) is 22.8 Å². The van der Waals surface area contributed by atoms with Crippen LogP contribution in [0.25, 0.3) is 0 Å². The molecular weight excluding hydrogens is 367 g/mol. The minimum atomic E-state index is -4.55. The zero-order chi connectivity index (χ0) is 20.2. The number of halogens is 3. The van der Waals surface area contributed by atoms with E-state index in [1.165, 1.54) is 31.2 Å². The van der Waals surface area contributed by atoms with Crippen molar-refractivity contribution in [3.05, 3.63) is 69.8 Å². The van der Waals surface area contributed by atoms with Crippen molar-refractivity contribution >= 4 is 23.2 Å². The average molecular weight is 381 g/mol. The summed E-state index contributed by atoms with van der Waals surface area (Å²) in [6.07, 6.45) is -4.55. The van der Waals surface area contributed by atoms with Gasteiger partial charge >= 0.3 is 6.18 Å². The predicted molar refractivity (Wildman–Crippen MR) is 90.1 cm³/mol. The first-order valence-electron chi connectivity index (χ1n) is 7.61. The van der Waals surface area contributed by atoms with Gasteiger partial charge in [-0.1, -0.05) is 12.1 Å². The van der Waals surface area contributed by atoms with E-state index in [4.69, 9.17) is 0 Å². The highest BCUT2D eigenvalue weighted by atomic mass is 19.4. The number of nitro groups is 1. The minimum absolute atomic E-state index is 0.0251. The molecule has 1 atom stereocenters. The Morgan fingerprint density at radius 2 is 1.78 bits per heavy atom. The van der Waals surface area contributed by atoms with Crippen LogP contribution in [0.5, 0.6) is 0 Å². The number of benzene rings is 2. The molecule has 2 amide bonds. The third kappa shape index (κ3) is 5.27. The summed E-state index contributed by atoms with van der Waals surface area (Å²) in [4.78, 5) is 34.3. The van der Waals surface area contributed by atoms with Crippen molar-refractivity contribution in [3.8, 4) is 0 Å². The van der Waals surface area contributed by atoms with Gasteiger partial charge in [-0.05, 0) is 31.2 Å². The maximum Gasteiger partial charge on any atom is 0.416 e. The van der Waals surface area contributed by atoms with Crippen molar-refractivity contribution in [3.63, 3.8) is 0 Å². The number of rotatable bonds is 5. The topological polar surface area (TPSA) is 101 Å². The molecule has 2 aromatic carbocycles. The number of alkyl halides is 3. The van der Waals surface area contributed by atoms with Gasteiger partial charge in [-0.25, -0.2) is 0 Å². The Balaban J connectivity index is 2.04. The molecule has 142 valence electrons. The number of nitro benzene ring substituents is 1. The molecule has 0 spiro atoms. The van der Waals surface area contributed by atoms with Crippen molar-refractivity contribution < 1.29 is 27.7 Å². The SMILES string of the molecule is CC(NC(=O)c1cccc([N+](=O)[O-])c1)C(=O)Nc1cccc(C(F)(F)F)c1. The number of carbonyl (C=O) groups is 2.